The number of nitrogens with zero attached hydrogens (tertiary/aromatic N) is 3. The van der Waals surface area contributed by atoms with Gasteiger partial charge in [0, 0.05) is 39.1 Å². The number of para-hydroxylation sites is 1. The smallest absolute Gasteiger partial charge is 0.238 e. The molecule has 24 heavy (non-hydrogen) atoms. The highest BCUT2D eigenvalue weighted by molar-refractivity contribution is 6.33. The highest BCUT2D eigenvalue weighted by Gasteiger charge is 2.15. The monoisotopic (exact) mass is 350 g/mol. The van der Waals surface area contributed by atoms with Crippen LogP contribution < -0.4 is 5.32 Å². The number of nitriles is 1. The lowest BCUT2D eigenvalue weighted by molar-refractivity contribution is -0.117. The van der Waals surface area contributed by atoms with Crippen LogP contribution in [-0.4, -0.2) is 68.2 Å². The van der Waals surface area contributed by atoms with E-state index in [0.717, 1.165) is 39.4 Å². The highest BCUT2D eigenvalue weighted by atomic mass is 35.5. The lowest BCUT2D eigenvalue weighted by atomic mass is 10.3. The Morgan fingerprint density at radius 1 is 1.33 bits per heavy atom. The third-order valence-corrected chi connectivity index (χ3v) is 4.22. The Bertz CT molecular complexity index is 570. The number of nitrogens with one attached hydrogen (secondary N) is 1. The Morgan fingerprint density at radius 2 is 2.08 bits per heavy atom. The fourth-order valence-corrected chi connectivity index (χ4v) is 2.72. The van der Waals surface area contributed by atoms with E-state index in [4.69, 9.17) is 21.6 Å². The number of morpholine rings is 1. The zero-order valence-corrected chi connectivity index (χ0v) is 14.5. The van der Waals surface area contributed by atoms with Crippen molar-refractivity contribution in [2.75, 3.05) is 57.8 Å². The van der Waals surface area contributed by atoms with Gasteiger partial charge >= 0.3 is 0 Å². The Labute approximate surface area is 147 Å². The molecule has 130 valence electrons. The number of hydrogen-bond donors (Lipinski definition) is 1. The summed E-state index contributed by atoms with van der Waals surface area (Å²) >= 11 is 6.06. The number of ether oxygens (including phenoxy) is 1. The molecule has 1 fully saturated rings. The minimum absolute atomic E-state index is 0.122. The summed E-state index contributed by atoms with van der Waals surface area (Å²) in [6.07, 6.45) is 0.405. The molecule has 0 atom stereocenters. The lowest BCUT2D eigenvalue weighted by Crippen LogP contribution is -2.43. The molecule has 0 aromatic heterocycles. The number of benzene rings is 1. The normalized spacial score (nSPS) is 15.2. The van der Waals surface area contributed by atoms with Crippen LogP contribution in [-0.2, 0) is 9.53 Å². The second-order valence-corrected chi connectivity index (χ2v) is 6.07. The third-order valence-electron chi connectivity index (χ3n) is 3.89. The minimum atomic E-state index is -0.122. The molecule has 1 aliphatic rings. The summed E-state index contributed by atoms with van der Waals surface area (Å²) < 4.78 is 5.34. The number of halogens is 1. The Kier molecular flexibility index (Phi) is 7.99. The average molecular weight is 351 g/mol. The SMILES string of the molecule is N#CCCN(CCN1CCOCC1)CC(=O)Nc1ccccc1Cl. The summed E-state index contributed by atoms with van der Waals surface area (Å²) in [4.78, 5) is 16.6. The quantitative estimate of drug-likeness (QED) is 0.774. The van der Waals surface area contributed by atoms with Crippen LogP contribution in [0.2, 0.25) is 5.02 Å². The number of rotatable bonds is 8. The molecule has 0 saturated carbocycles. The fourth-order valence-electron chi connectivity index (χ4n) is 2.54. The first kappa shape index (κ1) is 18.7. The van der Waals surface area contributed by atoms with Crippen molar-refractivity contribution >= 4 is 23.2 Å². The molecular weight excluding hydrogens is 328 g/mol. The third kappa shape index (κ3) is 6.46. The zero-order chi connectivity index (χ0) is 17.2. The van der Waals surface area contributed by atoms with Crippen LogP contribution in [0, 0.1) is 11.3 Å². The van der Waals surface area contributed by atoms with Crippen LogP contribution in [0.5, 0.6) is 0 Å². The van der Waals surface area contributed by atoms with Gasteiger partial charge in [-0.2, -0.15) is 5.26 Å². The van der Waals surface area contributed by atoms with Gasteiger partial charge in [0.15, 0.2) is 0 Å². The number of carbonyl (C=O) groups excluding carboxylic acids is 1. The molecule has 1 aromatic rings. The molecule has 7 heteroatoms. The maximum atomic E-state index is 12.3. The molecule has 0 spiro atoms. The van der Waals surface area contributed by atoms with E-state index in [2.05, 4.69) is 16.3 Å². The van der Waals surface area contributed by atoms with E-state index >= 15 is 0 Å². The zero-order valence-electron chi connectivity index (χ0n) is 13.7. The van der Waals surface area contributed by atoms with E-state index in [-0.39, 0.29) is 12.5 Å². The van der Waals surface area contributed by atoms with E-state index in [1.807, 2.05) is 17.0 Å². The van der Waals surface area contributed by atoms with Gasteiger partial charge in [0.2, 0.25) is 5.91 Å². The number of anilines is 1. The maximum absolute atomic E-state index is 12.3. The summed E-state index contributed by atoms with van der Waals surface area (Å²) in [5.41, 5.74) is 0.609. The van der Waals surface area contributed by atoms with Crippen molar-refractivity contribution in [3.63, 3.8) is 0 Å². The summed E-state index contributed by atoms with van der Waals surface area (Å²) in [6, 6.07) is 9.30. The lowest BCUT2D eigenvalue weighted by Gasteiger charge is -2.29. The van der Waals surface area contributed by atoms with Crippen LogP contribution in [0.1, 0.15) is 6.42 Å². The van der Waals surface area contributed by atoms with Crippen molar-refractivity contribution in [3.05, 3.63) is 29.3 Å². The first-order valence-electron chi connectivity index (χ1n) is 8.13. The first-order valence-corrected chi connectivity index (χ1v) is 8.50. The summed E-state index contributed by atoms with van der Waals surface area (Å²) in [7, 11) is 0. The number of carbonyl (C=O) groups is 1. The Balaban J connectivity index is 1.83. The molecule has 6 nitrogen and oxygen atoms in total. The largest absolute Gasteiger partial charge is 0.379 e. The second-order valence-electron chi connectivity index (χ2n) is 5.67. The molecule has 0 bridgehead atoms. The Hall–Kier alpha value is -1.65. The van der Waals surface area contributed by atoms with E-state index in [1.165, 1.54) is 0 Å². The summed E-state index contributed by atoms with van der Waals surface area (Å²) in [5, 5.41) is 12.2. The second kappa shape index (κ2) is 10.3. The van der Waals surface area contributed by atoms with Crippen LogP contribution >= 0.6 is 11.6 Å². The van der Waals surface area contributed by atoms with Crippen molar-refractivity contribution in [3.8, 4) is 6.07 Å². The number of hydrogen-bond acceptors (Lipinski definition) is 5. The average Bonchev–Trinajstić information content (AvgIpc) is 2.60. The predicted molar refractivity (Wildman–Crippen MR) is 94.0 cm³/mol. The van der Waals surface area contributed by atoms with Gasteiger partial charge in [-0.05, 0) is 12.1 Å². The van der Waals surface area contributed by atoms with Gasteiger partial charge in [-0.3, -0.25) is 14.6 Å². The van der Waals surface area contributed by atoms with Gasteiger partial charge < -0.3 is 10.1 Å². The number of amides is 1. The topological polar surface area (TPSA) is 68.6 Å². The van der Waals surface area contributed by atoms with Gasteiger partial charge in [-0.15, -0.1) is 0 Å². The van der Waals surface area contributed by atoms with Gasteiger partial charge in [-0.1, -0.05) is 23.7 Å². The minimum Gasteiger partial charge on any atom is -0.379 e. The van der Waals surface area contributed by atoms with E-state index in [0.29, 0.717) is 23.7 Å². The van der Waals surface area contributed by atoms with Gasteiger partial charge in [-0.25, -0.2) is 0 Å². The molecule has 1 aromatic carbocycles. The van der Waals surface area contributed by atoms with Crippen LogP contribution in [0.4, 0.5) is 5.69 Å². The van der Waals surface area contributed by atoms with Crippen molar-refractivity contribution in [1.82, 2.24) is 9.80 Å². The van der Waals surface area contributed by atoms with Gasteiger partial charge in [0.05, 0.1) is 36.5 Å². The van der Waals surface area contributed by atoms with Crippen molar-refractivity contribution in [2.24, 2.45) is 0 Å². The van der Waals surface area contributed by atoms with Crippen LogP contribution in [0.15, 0.2) is 24.3 Å². The molecule has 1 saturated heterocycles. The predicted octanol–water partition coefficient (Wildman–Crippen LogP) is 1.83. The van der Waals surface area contributed by atoms with Crippen molar-refractivity contribution in [1.29, 1.82) is 5.26 Å². The molecule has 1 heterocycles. The van der Waals surface area contributed by atoms with Crippen molar-refractivity contribution in [2.45, 2.75) is 6.42 Å². The molecule has 1 aliphatic heterocycles. The molecular formula is C17H23ClN4O2. The maximum Gasteiger partial charge on any atom is 0.238 e. The standard InChI is InChI=1S/C17H23ClN4O2/c18-15-4-1-2-5-16(15)20-17(23)14-22(7-3-6-19)9-8-21-10-12-24-13-11-21/h1-2,4-5H,3,7-14H2,(H,20,23). The molecule has 0 radical (unpaired) electrons. The molecule has 0 unspecified atom stereocenters. The van der Waals surface area contributed by atoms with Gasteiger partial charge in [0.1, 0.15) is 0 Å². The van der Waals surface area contributed by atoms with Gasteiger partial charge in [0.25, 0.3) is 0 Å². The summed E-state index contributed by atoms with van der Waals surface area (Å²) in [5.74, 6) is -0.122. The van der Waals surface area contributed by atoms with E-state index in [9.17, 15) is 4.79 Å². The van der Waals surface area contributed by atoms with E-state index < -0.39 is 0 Å². The molecule has 0 aliphatic carbocycles. The van der Waals surface area contributed by atoms with E-state index in [1.54, 1.807) is 12.1 Å². The highest BCUT2D eigenvalue weighted by Crippen LogP contribution is 2.20. The molecule has 1 N–H and O–H groups in total. The van der Waals surface area contributed by atoms with Crippen LogP contribution in [0.25, 0.3) is 0 Å². The molecule has 1 amide bonds. The fraction of sp³-hybridized carbons (Fsp3) is 0.529. The van der Waals surface area contributed by atoms with Crippen LogP contribution in [0.3, 0.4) is 0 Å². The molecule has 2 rings (SSSR count). The Morgan fingerprint density at radius 3 is 2.79 bits per heavy atom. The first-order chi connectivity index (χ1) is 11.7. The van der Waals surface area contributed by atoms with Crippen molar-refractivity contribution < 1.29 is 9.53 Å². The summed E-state index contributed by atoms with van der Waals surface area (Å²) in [6.45, 7) is 5.78.